The van der Waals surface area contributed by atoms with Crippen molar-refractivity contribution in [1.29, 1.82) is 0 Å². The summed E-state index contributed by atoms with van der Waals surface area (Å²) in [5.74, 6) is -1.08. The van der Waals surface area contributed by atoms with Gasteiger partial charge in [0.1, 0.15) is 5.82 Å². The third-order valence-electron chi connectivity index (χ3n) is 4.28. The zero-order valence-electron chi connectivity index (χ0n) is 14.5. The summed E-state index contributed by atoms with van der Waals surface area (Å²) < 4.78 is 39.3. The first-order valence-electron chi connectivity index (χ1n) is 8.10. The van der Waals surface area contributed by atoms with Crippen LogP contribution in [0.4, 0.5) is 4.39 Å². The van der Waals surface area contributed by atoms with Crippen molar-refractivity contribution in [3.8, 4) is 0 Å². The highest BCUT2D eigenvalue weighted by molar-refractivity contribution is 7.91. The monoisotopic (exact) mass is 374 g/mol. The van der Waals surface area contributed by atoms with Crippen molar-refractivity contribution in [2.24, 2.45) is 7.05 Å². The van der Waals surface area contributed by atoms with E-state index in [1.165, 1.54) is 12.1 Å². The molecule has 7 heteroatoms. The van der Waals surface area contributed by atoms with Gasteiger partial charge in [0.2, 0.25) is 0 Å². The summed E-state index contributed by atoms with van der Waals surface area (Å²) in [4.78, 5) is 12.3. The van der Waals surface area contributed by atoms with Crippen LogP contribution in [0, 0.1) is 12.7 Å². The molecule has 26 heavy (non-hydrogen) atoms. The summed E-state index contributed by atoms with van der Waals surface area (Å²) in [5, 5.41) is 3.61. The van der Waals surface area contributed by atoms with Gasteiger partial charge in [0.15, 0.2) is 9.84 Å². The highest BCUT2D eigenvalue weighted by atomic mass is 32.2. The second kappa shape index (κ2) is 6.92. The number of halogens is 1. The van der Waals surface area contributed by atoms with Crippen molar-refractivity contribution in [3.05, 3.63) is 65.6 Å². The van der Waals surface area contributed by atoms with Gasteiger partial charge in [-0.15, -0.1) is 0 Å². The van der Waals surface area contributed by atoms with Gasteiger partial charge in [0.25, 0.3) is 5.91 Å². The Kier molecular flexibility index (Phi) is 4.82. The number of nitrogens with zero attached hydrogens (tertiary/aromatic N) is 1. The Morgan fingerprint density at radius 3 is 2.54 bits per heavy atom. The smallest absolute Gasteiger partial charge is 0.251 e. The van der Waals surface area contributed by atoms with Gasteiger partial charge in [-0.1, -0.05) is 0 Å². The van der Waals surface area contributed by atoms with Gasteiger partial charge in [0.05, 0.1) is 10.6 Å². The predicted octanol–water partition coefficient (Wildman–Crippen LogP) is 2.83. The quantitative estimate of drug-likeness (QED) is 0.699. The minimum atomic E-state index is -3.58. The van der Waals surface area contributed by atoms with Crippen molar-refractivity contribution in [3.63, 3.8) is 0 Å². The number of amides is 1. The number of aromatic nitrogens is 1. The lowest BCUT2D eigenvalue weighted by atomic mass is 10.1. The molecular weight excluding hydrogens is 355 g/mol. The number of carbonyl (C=O) groups excluding carboxylic acids is 1. The SMILES string of the molecule is Cc1cn(C)c2ccc(C(=O)NCCS(=O)(=O)c3ccc(F)cc3)cc12. The normalized spacial score (nSPS) is 11.7. The van der Waals surface area contributed by atoms with Crippen LogP contribution in [0.15, 0.2) is 53.6 Å². The van der Waals surface area contributed by atoms with Crippen LogP contribution in [0.3, 0.4) is 0 Å². The summed E-state index contributed by atoms with van der Waals surface area (Å²) in [6.45, 7) is 1.95. The number of benzene rings is 2. The van der Waals surface area contributed by atoms with Gasteiger partial charge >= 0.3 is 0 Å². The van der Waals surface area contributed by atoms with E-state index in [2.05, 4.69) is 5.32 Å². The first-order valence-corrected chi connectivity index (χ1v) is 9.75. The molecule has 3 rings (SSSR count). The van der Waals surface area contributed by atoms with Crippen molar-refractivity contribution in [2.75, 3.05) is 12.3 Å². The van der Waals surface area contributed by atoms with Crippen molar-refractivity contribution in [2.45, 2.75) is 11.8 Å². The standard InChI is InChI=1S/C19H19FN2O3S/c1-13-12-22(2)18-8-3-14(11-17(13)18)19(23)21-9-10-26(24,25)16-6-4-15(20)5-7-16/h3-8,11-12H,9-10H2,1-2H3,(H,21,23). The molecule has 0 aliphatic carbocycles. The largest absolute Gasteiger partial charge is 0.351 e. The third kappa shape index (κ3) is 3.62. The molecule has 1 amide bonds. The zero-order chi connectivity index (χ0) is 18.9. The number of carbonyl (C=O) groups is 1. The summed E-state index contributed by atoms with van der Waals surface area (Å²) in [5.41, 5.74) is 2.57. The van der Waals surface area contributed by atoms with E-state index >= 15 is 0 Å². The lowest BCUT2D eigenvalue weighted by molar-refractivity contribution is 0.0956. The predicted molar refractivity (Wildman–Crippen MR) is 98.4 cm³/mol. The number of hydrogen-bond acceptors (Lipinski definition) is 3. The van der Waals surface area contributed by atoms with E-state index < -0.39 is 15.7 Å². The van der Waals surface area contributed by atoms with Gasteiger partial charge in [-0.05, 0) is 55.0 Å². The highest BCUT2D eigenvalue weighted by Gasteiger charge is 2.15. The molecule has 0 fully saturated rings. The van der Waals surface area contributed by atoms with Crippen molar-refractivity contribution < 1.29 is 17.6 Å². The van der Waals surface area contributed by atoms with E-state index in [9.17, 15) is 17.6 Å². The molecule has 0 unspecified atom stereocenters. The third-order valence-corrected chi connectivity index (χ3v) is 6.01. The number of rotatable bonds is 5. The van der Waals surface area contributed by atoms with Crippen LogP contribution < -0.4 is 5.32 Å². The molecule has 1 heterocycles. The van der Waals surface area contributed by atoms with Crippen molar-refractivity contribution >= 4 is 26.6 Å². The molecule has 0 atom stereocenters. The average molecular weight is 374 g/mol. The van der Waals surface area contributed by atoms with Gasteiger partial charge in [0, 0.05) is 36.3 Å². The zero-order valence-corrected chi connectivity index (χ0v) is 15.3. The first kappa shape index (κ1) is 18.1. The molecule has 0 radical (unpaired) electrons. The van der Waals surface area contributed by atoms with Crippen LogP contribution in [0.1, 0.15) is 15.9 Å². The molecule has 0 spiro atoms. The number of hydrogen-bond donors (Lipinski definition) is 1. The van der Waals surface area contributed by atoms with Crippen molar-refractivity contribution in [1.82, 2.24) is 9.88 Å². The summed E-state index contributed by atoms with van der Waals surface area (Å²) in [6, 6.07) is 10.0. The second-order valence-electron chi connectivity index (χ2n) is 6.18. The number of fused-ring (bicyclic) bond motifs is 1. The number of sulfone groups is 1. The van der Waals surface area contributed by atoms with E-state index in [1.54, 1.807) is 12.1 Å². The second-order valence-corrected chi connectivity index (χ2v) is 8.29. The molecule has 0 aliphatic rings. The summed E-state index contributed by atoms with van der Waals surface area (Å²) in [7, 11) is -1.64. The highest BCUT2D eigenvalue weighted by Crippen LogP contribution is 2.21. The van der Waals surface area contributed by atoms with Gasteiger partial charge in [-0.3, -0.25) is 4.79 Å². The average Bonchev–Trinajstić information content (AvgIpc) is 2.89. The first-order chi connectivity index (χ1) is 12.3. The molecule has 1 N–H and O–H groups in total. The molecule has 136 valence electrons. The Morgan fingerprint density at radius 2 is 1.85 bits per heavy atom. The van der Waals surface area contributed by atoms with E-state index in [4.69, 9.17) is 0 Å². The topological polar surface area (TPSA) is 68.2 Å². The van der Waals surface area contributed by atoms with Crippen LogP contribution in [0.2, 0.25) is 0 Å². The fraction of sp³-hybridized carbons (Fsp3) is 0.211. The molecule has 1 aromatic heterocycles. The Balaban J connectivity index is 1.67. The molecular formula is C19H19FN2O3S. The fourth-order valence-corrected chi connectivity index (χ4v) is 4.05. The van der Waals surface area contributed by atoms with E-state index in [1.807, 2.05) is 30.8 Å². The minimum Gasteiger partial charge on any atom is -0.351 e. The molecule has 0 bridgehead atoms. The summed E-state index contributed by atoms with van der Waals surface area (Å²) in [6.07, 6.45) is 1.99. The van der Waals surface area contributed by atoms with Gasteiger partial charge < -0.3 is 9.88 Å². The summed E-state index contributed by atoms with van der Waals surface area (Å²) >= 11 is 0. The Bertz CT molecular complexity index is 1070. The Morgan fingerprint density at radius 1 is 1.15 bits per heavy atom. The molecule has 0 aliphatic heterocycles. The van der Waals surface area contributed by atoms with Gasteiger partial charge in [-0.2, -0.15) is 0 Å². The Labute approximate surface area is 151 Å². The maximum absolute atomic E-state index is 12.9. The number of nitrogens with one attached hydrogen (secondary N) is 1. The molecule has 0 saturated heterocycles. The van der Waals surface area contributed by atoms with E-state index in [-0.39, 0.29) is 23.1 Å². The van der Waals surface area contributed by atoms with E-state index in [0.717, 1.165) is 28.6 Å². The van der Waals surface area contributed by atoms with Crippen LogP contribution in [-0.4, -0.2) is 31.2 Å². The van der Waals surface area contributed by atoms with Gasteiger partial charge in [-0.25, -0.2) is 12.8 Å². The molecule has 5 nitrogen and oxygen atoms in total. The van der Waals surface area contributed by atoms with Crippen LogP contribution in [0.5, 0.6) is 0 Å². The molecule has 2 aromatic carbocycles. The Hall–Kier alpha value is -2.67. The van der Waals surface area contributed by atoms with Crippen LogP contribution in [0.25, 0.3) is 10.9 Å². The molecule has 3 aromatic rings. The fourth-order valence-electron chi connectivity index (χ4n) is 2.89. The minimum absolute atomic E-state index is 0.0235. The van der Waals surface area contributed by atoms with Crippen LogP contribution >= 0.6 is 0 Å². The molecule has 0 saturated carbocycles. The maximum Gasteiger partial charge on any atom is 0.251 e. The van der Waals surface area contributed by atoms with E-state index in [0.29, 0.717) is 5.56 Å². The number of aryl methyl sites for hydroxylation is 2. The lowest BCUT2D eigenvalue weighted by Gasteiger charge is -2.07. The van der Waals surface area contributed by atoms with Crippen LogP contribution in [-0.2, 0) is 16.9 Å². The maximum atomic E-state index is 12.9. The lowest BCUT2D eigenvalue weighted by Crippen LogP contribution is -2.29.